The van der Waals surface area contributed by atoms with Crippen molar-refractivity contribution in [2.75, 3.05) is 7.05 Å². The Balaban J connectivity index is 1.79. The van der Waals surface area contributed by atoms with Crippen LogP contribution in [0.15, 0.2) is 53.3 Å². The normalized spacial score (nSPS) is 11.9. The predicted molar refractivity (Wildman–Crippen MR) is 109 cm³/mol. The molecule has 2 aromatic carbocycles. The van der Waals surface area contributed by atoms with Crippen molar-refractivity contribution in [3.8, 4) is 0 Å². The molecule has 0 bridgehead atoms. The van der Waals surface area contributed by atoms with E-state index in [4.69, 9.17) is 4.74 Å². The second-order valence-corrected chi connectivity index (χ2v) is 6.89. The standard InChI is InChI=1S/C22H22FN3O4/c1-4-26-21(28)18-11-6-5-10-17(18)19(24-26)22(29)30-14(2)20(27)25(3)13-15-8-7-9-16(23)12-15/h5-12,14H,4,13H2,1-3H3. The number of benzene rings is 2. The molecule has 0 aliphatic carbocycles. The van der Waals surface area contributed by atoms with Gasteiger partial charge in [-0.15, -0.1) is 0 Å². The molecule has 30 heavy (non-hydrogen) atoms. The molecule has 1 aromatic heterocycles. The van der Waals surface area contributed by atoms with Crippen LogP contribution in [0.5, 0.6) is 0 Å². The monoisotopic (exact) mass is 411 g/mol. The molecule has 8 heteroatoms. The minimum Gasteiger partial charge on any atom is -0.448 e. The SMILES string of the molecule is CCn1nc(C(=O)OC(C)C(=O)N(C)Cc2cccc(F)c2)c2ccccc2c1=O. The highest BCUT2D eigenvalue weighted by atomic mass is 19.1. The zero-order valence-corrected chi connectivity index (χ0v) is 17.0. The van der Waals surface area contributed by atoms with Crippen LogP contribution in [0, 0.1) is 5.82 Å². The molecule has 0 fully saturated rings. The van der Waals surface area contributed by atoms with Crippen molar-refractivity contribution in [2.24, 2.45) is 0 Å². The lowest BCUT2D eigenvalue weighted by atomic mass is 10.1. The van der Waals surface area contributed by atoms with E-state index in [1.54, 1.807) is 50.4 Å². The third-order valence-electron chi connectivity index (χ3n) is 4.68. The highest BCUT2D eigenvalue weighted by Gasteiger charge is 2.25. The molecule has 1 amide bonds. The van der Waals surface area contributed by atoms with Crippen LogP contribution in [0.25, 0.3) is 10.8 Å². The first kappa shape index (κ1) is 21.2. The predicted octanol–water partition coefficient (Wildman–Crippen LogP) is 2.76. The van der Waals surface area contributed by atoms with Gasteiger partial charge in [0.05, 0.1) is 5.39 Å². The minimum atomic E-state index is -1.08. The zero-order valence-electron chi connectivity index (χ0n) is 17.0. The fraction of sp³-hybridized carbons (Fsp3) is 0.273. The summed E-state index contributed by atoms with van der Waals surface area (Å²) in [6, 6.07) is 12.5. The largest absolute Gasteiger partial charge is 0.448 e. The fourth-order valence-electron chi connectivity index (χ4n) is 3.16. The molecule has 1 heterocycles. The van der Waals surface area contributed by atoms with E-state index in [0.717, 1.165) is 0 Å². The highest BCUT2D eigenvalue weighted by molar-refractivity contribution is 6.02. The van der Waals surface area contributed by atoms with Crippen molar-refractivity contribution >= 4 is 22.6 Å². The van der Waals surface area contributed by atoms with E-state index < -0.39 is 23.8 Å². The molecule has 7 nitrogen and oxygen atoms in total. The Kier molecular flexibility index (Phi) is 6.25. The van der Waals surface area contributed by atoms with Gasteiger partial charge in [-0.25, -0.2) is 13.9 Å². The van der Waals surface area contributed by atoms with Gasteiger partial charge in [-0.3, -0.25) is 9.59 Å². The Hall–Kier alpha value is -3.55. The number of amides is 1. The first-order valence-corrected chi connectivity index (χ1v) is 9.52. The molecule has 156 valence electrons. The maximum atomic E-state index is 13.4. The highest BCUT2D eigenvalue weighted by Crippen LogP contribution is 2.16. The summed E-state index contributed by atoms with van der Waals surface area (Å²) in [6.07, 6.45) is -1.08. The smallest absolute Gasteiger partial charge is 0.360 e. The number of esters is 1. The number of likely N-dealkylation sites (N-methyl/N-ethyl adjacent to an activating group) is 1. The van der Waals surface area contributed by atoms with Gasteiger partial charge in [0.25, 0.3) is 11.5 Å². The van der Waals surface area contributed by atoms with Crippen LogP contribution in [-0.2, 0) is 22.6 Å². The number of hydrogen-bond acceptors (Lipinski definition) is 5. The van der Waals surface area contributed by atoms with E-state index in [9.17, 15) is 18.8 Å². The number of nitrogens with zero attached hydrogens (tertiary/aromatic N) is 3. The second kappa shape index (κ2) is 8.86. The Bertz CT molecular complexity index is 1160. The number of fused-ring (bicyclic) bond motifs is 1. The number of aromatic nitrogens is 2. The second-order valence-electron chi connectivity index (χ2n) is 6.89. The summed E-state index contributed by atoms with van der Waals surface area (Å²) in [7, 11) is 1.54. The van der Waals surface area contributed by atoms with Gasteiger partial charge in [-0.1, -0.05) is 30.3 Å². The van der Waals surface area contributed by atoms with Gasteiger partial charge in [0.1, 0.15) is 5.82 Å². The lowest BCUT2D eigenvalue weighted by Crippen LogP contribution is -2.37. The van der Waals surface area contributed by atoms with Crippen LogP contribution in [0.2, 0.25) is 0 Å². The van der Waals surface area contributed by atoms with E-state index in [-0.39, 0.29) is 24.3 Å². The van der Waals surface area contributed by atoms with Gasteiger partial charge in [0, 0.05) is 25.5 Å². The Morgan fingerprint density at radius 2 is 1.87 bits per heavy atom. The summed E-state index contributed by atoms with van der Waals surface area (Å²) < 4.78 is 19.9. The molecular formula is C22H22FN3O4. The van der Waals surface area contributed by atoms with Crippen LogP contribution in [0.3, 0.4) is 0 Å². The number of carbonyl (C=O) groups is 2. The summed E-state index contributed by atoms with van der Waals surface area (Å²) in [5, 5.41) is 4.83. The molecule has 0 aliphatic heterocycles. The van der Waals surface area contributed by atoms with Crippen LogP contribution < -0.4 is 5.56 Å². The van der Waals surface area contributed by atoms with Crippen LogP contribution in [0.4, 0.5) is 4.39 Å². The van der Waals surface area contributed by atoms with E-state index >= 15 is 0 Å². The summed E-state index contributed by atoms with van der Waals surface area (Å²) in [4.78, 5) is 39.1. The van der Waals surface area contributed by atoms with Crippen LogP contribution >= 0.6 is 0 Å². The van der Waals surface area contributed by atoms with E-state index in [0.29, 0.717) is 16.3 Å². The van der Waals surface area contributed by atoms with Crippen molar-refractivity contribution in [1.29, 1.82) is 0 Å². The molecule has 0 saturated heterocycles. The van der Waals surface area contributed by atoms with Crippen LogP contribution in [0.1, 0.15) is 29.9 Å². The van der Waals surface area contributed by atoms with Crippen molar-refractivity contribution in [1.82, 2.24) is 14.7 Å². The number of rotatable bonds is 6. The van der Waals surface area contributed by atoms with E-state index in [2.05, 4.69) is 5.10 Å². The lowest BCUT2D eigenvalue weighted by molar-refractivity contribution is -0.139. The van der Waals surface area contributed by atoms with E-state index in [1.807, 2.05) is 0 Å². The number of ether oxygens (including phenoxy) is 1. The van der Waals surface area contributed by atoms with Gasteiger partial charge in [-0.05, 0) is 37.6 Å². The molecule has 3 aromatic rings. The topological polar surface area (TPSA) is 81.5 Å². The third kappa shape index (κ3) is 4.37. The van der Waals surface area contributed by atoms with Gasteiger partial charge in [0.15, 0.2) is 11.8 Å². The van der Waals surface area contributed by atoms with Gasteiger partial charge < -0.3 is 9.64 Å². The maximum Gasteiger partial charge on any atom is 0.360 e. The summed E-state index contributed by atoms with van der Waals surface area (Å²) >= 11 is 0. The first-order valence-electron chi connectivity index (χ1n) is 9.52. The zero-order chi connectivity index (χ0) is 21.8. The number of hydrogen-bond donors (Lipinski definition) is 0. The Labute approximate surface area is 172 Å². The molecule has 3 rings (SSSR count). The summed E-state index contributed by atoms with van der Waals surface area (Å²) in [6.45, 7) is 3.65. The van der Waals surface area contributed by atoms with Crippen molar-refractivity contribution < 1.29 is 18.7 Å². The third-order valence-corrected chi connectivity index (χ3v) is 4.68. The number of halogens is 1. The molecular weight excluding hydrogens is 389 g/mol. The van der Waals surface area contributed by atoms with Gasteiger partial charge in [-0.2, -0.15) is 5.10 Å². The van der Waals surface area contributed by atoms with Crippen molar-refractivity contribution in [3.63, 3.8) is 0 Å². The number of carbonyl (C=O) groups excluding carboxylic acids is 2. The molecule has 0 spiro atoms. The molecule has 1 unspecified atom stereocenters. The molecule has 1 atom stereocenters. The Morgan fingerprint density at radius 1 is 1.17 bits per heavy atom. The maximum absolute atomic E-state index is 13.4. The number of aryl methyl sites for hydroxylation is 1. The molecule has 0 radical (unpaired) electrons. The van der Waals surface area contributed by atoms with Crippen molar-refractivity contribution in [3.05, 3.63) is 76.0 Å². The molecule has 0 saturated carbocycles. The summed E-state index contributed by atoms with van der Waals surface area (Å²) in [5.41, 5.74) is 0.287. The summed E-state index contributed by atoms with van der Waals surface area (Å²) in [5.74, 6) is -1.63. The lowest BCUT2D eigenvalue weighted by Gasteiger charge is -2.21. The van der Waals surface area contributed by atoms with Gasteiger partial charge in [0.2, 0.25) is 0 Å². The minimum absolute atomic E-state index is 0.0283. The average molecular weight is 411 g/mol. The molecule has 0 aliphatic rings. The quantitative estimate of drug-likeness (QED) is 0.583. The van der Waals surface area contributed by atoms with E-state index in [1.165, 1.54) is 28.6 Å². The fourth-order valence-corrected chi connectivity index (χ4v) is 3.16. The first-order chi connectivity index (χ1) is 14.3. The average Bonchev–Trinajstić information content (AvgIpc) is 2.73. The van der Waals surface area contributed by atoms with Gasteiger partial charge >= 0.3 is 5.97 Å². The Morgan fingerprint density at radius 3 is 2.53 bits per heavy atom. The van der Waals surface area contributed by atoms with Crippen LogP contribution in [-0.4, -0.2) is 39.7 Å². The van der Waals surface area contributed by atoms with Crippen molar-refractivity contribution in [2.45, 2.75) is 33.0 Å². The molecule has 0 N–H and O–H groups in total.